The third-order valence-electron chi connectivity index (χ3n) is 6.44. The number of aromatic hydroxyl groups is 1. The lowest BCUT2D eigenvalue weighted by Crippen LogP contribution is -1.99. The molecule has 0 spiro atoms. The van der Waals surface area contributed by atoms with E-state index in [4.69, 9.17) is 0 Å². The van der Waals surface area contributed by atoms with Crippen molar-refractivity contribution < 1.29 is 5.11 Å². The molecule has 7 heteroatoms. The minimum atomic E-state index is 0.0749. The fraction of sp³-hybridized carbons (Fsp3) is 0.0303. The number of anilines is 2. The molecule has 3 N–H and O–H groups in total. The van der Waals surface area contributed by atoms with E-state index in [1.807, 2.05) is 103 Å². The van der Waals surface area contributed by atoms with E-state index in [-0.39, 0.29) is 5.75 Å². The summed E-state index contributed by atoms with van der Waals surface area (Å²) in [6, 6.07) is 37.6. The third-order valence-corrected chi connectivity index (χ3v) is 6.44. The maximum absolute atomic E-state index is 11.1. The zero-order valence-electron chi connectivity index (χ0n) is 21.6. The van der Waals surface area contributed by atoms with E-state index in [0.29, 0.717) is 29.2 Å². The minimum Gasteiger partial charge on any atom is -0.507 e. The van der Waals surface area contributed by atoms with Gasteiger partial charge in [-0.3, -0.25) is 10.9 Å². The second-order valence-electron chi connectivity index (χ2n) is 9.30. The van der Waals surface area contributed by atoms with E-state index in [9.17, 15) is 5.11 Å². The number of nitrogens with zero attached hydrogens (tertiary/aromatic N) is 4. The third kappa shape index (κ3) is 5.79. The highest BCUT2D eigenvalue weighted by molar-refractivity contribution is 5.93. The van der Waals surface area contributed by atoms with Gasteiger partial charge in [0, 0.05) is 21.9 Å². The average Bonchev–Trinajstić information content (AvgIpc) is 2.99. The summed E-state index contributed by atoms with van der Waals surface area (Å²) in [7, 11) is 0. The molecule has 2 aromatic heterocycles. The zero-order valence-corrected chi connectivity index (χ0v) is 21.6. The highest BCUT2D eigenvalue weighted by Crippen LogP contribution is 2.24. The number of aromatic nitrogens is 2. The predicted molar refractivity (Wildman–Crippen MR) is 163 cm³/mol. The lowest BCUT2D eigenvalue weighted by Gasteiger charge is -2.09. The maximum Gasteiger partial charge on any atom is 0.146 e. The largest absolute Gasteiger partial charge is 0.507 e. The first-order chi connectivity index (χ1) is 19.7. The van der Waals surface area contributed by atoms with Gasteiger partial charge in [-0.1, -0.05) is 66.7 Å². The number of pyridine rings is 2. The van der Waals surface area contributed by atoms with Gasteiger partial charge in [-0.15, -0.1) is 0 Å². The van der Waals surface area contributed by atoms with E-state index in [0.717, 1.165) is 32.9 Å². The molecule has 0 aliphatic rings. The van der Waals surface area contributed by atoms with Crippen LogP contribution in [0, 0.1) is 0 Å². The molecule has 4 aromatic carbocycles. The molecule has 0 unspecified atom stereocenters. The maximum atomic E-state index is 11.1. The summed E-state index contributed by atoms with van der Waals surface area (Å²) in [6.07, 6.45) is 3.88. The summed E-state index contributed by atoms with van der Waals surface area (Å²) < 4.78 is 0. The van der Waals surface area contributed by atoms with Crippen LogP contribution in [0.1, 0.15) is 22.3 Å². The molecule has 194 valence electrons. The van der Waals surface area contributed by atoms with Crippen LogP contribution in [-0.2, 0) is 6.42 Å². The Bertz CT molecular complexity index is 1740. The Hall–Kier alpha value is -5.56. The quantitative estimate of drug-likeness (QED) is 0.148. The van der Waals surface area contributed by atoms with Crippen molar-refractivity contribution in [1.29, 1.82) is 0 Å². The fourth-order valence-corrected chi connectivity index (χ4v) is 4.47. The Balaban J connectivity index is 1.26. The van der Waals surface area contributed by atoms with E-state index in [1.165, 1.54) is 0 Å². The first-order valence-corrected chi connectivity index (χ1v) is 12.9. The molecule has 7 nitrogen and oxygen atoms in total. The predicted octanol–water partition coefficient (Wildman–Crippen LogP) is 6.97. The number of phenolic OH excluding ortho intramolecular Hbond substituents is 1. The standard InChI is InChI=1S/C33H26N6O/c40-33-27(21-34-38-31-16-14-25-10-4-6-12-29(25)36-31)19-24(18-23-8-2-1-3-9-23)20-28(33)22-35-39-32-17-15-26-11-5-7-13-30(26)37-32/h1-17,19-22,40H,18H2,(H,36,38)(H,37,39)/b34-21+,35-22+. The monoisotopic (exact) mass is 522 g/mol. The van der Waals surface area contributed by atoms with Gasteiger partial charge in [0.2, 0.25) is 0 Å². The Labute approximate surface area is 231 Å². The molecule has 40 heavy (non-hydrogen) atoms. The van der Waals surface area contributed by atoms with Gasteiger partial charge in [-0.05, 0) is 66.1 Å². The molecule has 0 bridgehead atoms. The van der Waals surface area contributed by atoms with Crippen LogP contribution in [-0.4, -0.2) is 27.5 Å². The Morgan fingerprint density at radius 1 is 0.575 bits per heavy atom. The van der Waals surface area contributed by atoms with Crippen molar-refractivity contribution in [3.63, 3.8) is 0 Å². The molecule has 0 aliphatic heterocycles. The van der Waals surface area contributed by atoms with Crippen molar-refractivity contribution in [1.82, 2.24) is 9.97 Å². The number of benzene rings is 4. The van der Waals surface area contributed by atoms with Gasteiger partial charge in [-0.25, -0.2) is 9.97 Å². The molecule has 0 saturated heterocycles. The first-order valence-electron chi connectivity index (χ1n) is 12.9. The van der Waals surface area contributed by atoms with E-state index < -0.39 is 0 Å². The van der Waals surface area contributed by atoms with E-state index in [2.05, 4.69) is 43.2 Å². The van der Waals surface area contributed by atoms with Crippen molar-refractivity contribution in [2.24, 2.45) is 10.2 Å². The van der Waals surface area contributed by atoms with Gasteiger partial charge >= 0.3 is 0 Å². The smallest absolute Gasteiger partial charge is 0.146 e. The van der Waals surface area contributed by atoms with E-state index in [1.54, 1.807) is 12.4 Å². The molecule has 2 heterocycles. The number of hydrogen-bond acceptors (Lipinski definition) is 7. The van der Waals surface area contributed by atoms with Gasteiger partial charge in [-0.2, -0.15) is 10.2 Å². The van der Waals surface area contributed by atoms with Gasteiger partial charge in [0.25, 0.3) is 0 Å². The summed E-state index contributed by atoms with van der Waals surface area (Å²) in [5.41, 5.74) is 11.0. The molecule has 0 aliphatic carbocycles. The Morgan fingerprint density at radius 2 is 1.07 bits per heavy atom. The lowest BCUT2D eigenvalue weighted by atomic mass is 9.99. The molecular formula is C33H26N6O. The molecule has 0 amide bonds. The molecule has 0 atom stereocenters. The zero-order chi connectivity index (χ0) is 27.1. The lowest BCUT2D eigenvalue weighted by molar-refractivity contribution is 0.473. The minimum absolute atomic E-state index is 0.0749. The fourth-order valence-electron chi connectivity index (χ4n) is 4.47. The topological polar surface area (TPSA) is 94.8 Å². The summed E-state index contributed by atoms with van der Waals surface area (Å²) in [5, 5.41) is 21.9. The van der Waals surface area contributed by atoms with Crippen LogP contribution in [0.2, 0.25) is 0 Å². The highest BCUT2D eigenvalue weighted by atomic mass is 16.3. The van der Waals surface area contributed by atoms with Gasteiger partial charge in [0.05, 0.1) is 23.5 Å². The highest BCUT2D eigenvalue weighted by Gasteiger charge is 2.09. The van der Waals surface area contributed by atoms with Crippen molar-refractivity contribution in [3.05, 3.63) is 138 Å². The van der Waals surface area contributed by atoms with Crippen LogP contribution in [0.3, 0.4) is 0 Å². The van der Waals surface area contributed by atoms with E-state index >= 15 is 0 Å². The van der Waals surface area contributed by atoms with Gasteiger partial charge in [0.15, 0.2) is 0 Å². The number of hydrogen-bond donors (Lipinski definition) is 3. The summed E-state index contributed by atoms with van der Waals surface area (Å²) >= 11 is 0. The average molecular weight is 523 g/mol. The number of fused-ring (bicyclic) bond motifs is 2. The SMILES string of the molecule is Oc1c(/C=N/Nc2ccc3ccccc3n2)cc(Cc2ccccc2)cc1/C=N/Nc1ccc2ccccc2n1. The van der Waals surface area contributed by atoms with Crippen molar-refractivity contribution in [2.75, 3.05) is 10.9 Å². The molecular weight excluding hydrogens is 496 g/mol. The normalized spacial score (nSPS) is 11.5. The summed E-state index contributed by atoms with van der Waals surface area (Å²) in [5.74, 6) is 1.30. The first kappa shape index (κ1) is 24.8. The van der Waals surface area contributed by atoms with Crippen LogP contribution in [0.25, 0.3) is 21.8 Å². The Morgan fingerprint density at radius 3 is 1.62 bits per heavy atom. The molecule has 0 radical (unpaired) electrons. The van der Waals surface area contributed by atoms with Crippen LogP contribution >= 0.6 is 0 Å². The van der Waals surface area contributed by atoms with Gasteiger partial charge in [0.1, 0.15) is 17.4 Å². The second-order valence-corrected chi connectivity index (χ2v) is 9.30. The molecule has 6 aromatic rings. The summed E-state index contributed by atoms with van der Waals surface area (Å²) in [4.78, 5) is 9.17. The van der Waals surface area contributed by atoms with Crippen LogP contribution in [0.4, 0.5) is 11.6 Å². The van der Waals surface area contributed by atoms with Crippen molar-refractivity contribution >= 4 is 45.9 Å². The van der Waals surface area contributed by atoms with Crippen LogP contribution < -0.4 is 10.9 Å². The van der Waals surface area contributed by atoms with Crippen LogP contribution in [0.5, 0.6) is 5.75 Å². The van der Waals surface area contributed by atoms with Crippen molar-refractivity contribution in [3.8, 4) is 5.75 Å². The number of rotatable bonds is 8. The molecule has 0 saturated carbocycles. The summed E-state index contributed by atoms with van der Waals surface area (Å²) in [6.45, 7) is 0. The number of para-hydroxylation sites is 2. The number of hydrazone groups is 2. The molecule has 6 rings (SSSR count). The number of phenols is 1. The van der Waals surface area contributed by atoms with Gasteiger partial charge < -0.3 is 5.11 Å². The Kier molecular flexibility index (Phi) is 7.09. The molecule has 0 fully saturated rings. The number of nitrogens with one attached hydrogen (secondary N) is 2. The van der Waals surface area contributed by atoms with Crippen LogP contribution in [0.15, 0.2) is 125 Å². The van der Waals surface area contributed by atoms with Crippen molar-refractivity contribution in [2.45, 2.75) is 6.42 Å². The second kappa shape index (κ2) is 11.4.